The van der Waals surface area contributed by atoms with Crippen LogP contribution in [-0.2, 0) is 5.41 Å². The van der Waals surface area contributed by atoms with E-state index < -0.39 is 5.41 Å². The number of fused-ring (bicyclic) bond motifs is 13. The van der Waals surface area contributed by atoms with Gasteiger partial charge >= 0.3 is 0 Å². The highest BCUT2D eigenvalue weighted by atomic mass is 16.5. The zero-order valence-electron chi connectivity index (χ0n) is 17.7. The van der Waals surface area contributed by atoms with Gasteiger partial charge in [-0.25, -0.2) is 0 Å². The van der Waals surface area contributed by atoms with Crippen molar-refractivity contribution in [2.75, 3.05) is 0 Å². The summed E-state index contributed by atoms with van der Waals surface area (Å²) in [5.41, 5.74) is 8.70. The predicted octanol–water partition coefficient (Wildman–Crippen LogP) is 8.05. The maximum atomic E-state index is 6.53. The minimum atomic E-state index is -0.454. The predicted molar refractivity (Wildman–Crippen MR) is 131 cm³/mol. The molecule has 1 spiro atoms. The highest BCUT2D eigenvalue weighted by Gasteiger charge is 2.51. The first-order chi connectivity index (χ1) is 16.4. The molecule has 0 fully saturated rings. The Kier molecular flexibility index (Phi) is 3.11. The van der Waals surface area contributed by atoms with E-state index in [1.165, 1.54) is 33.4 Å². The smallest absolute Gasteiger partial charge is 0.143 e. The van der Waals surface area contributed by atoms with E-state index in [2.05, 4.69) is 91.0 Å². The maximum Gasteiger partial charge on any atom is 0.143 e. The molecule has 2 aliphatic rings. The summed E-state index contributed by atoms with van der Waals surface area (Å²) in [6.45, 7) is 0. The summed E-state index contributed by atoms with van der Waals surface area (Å²) in [6, 6.07) is 38.5. The number of hydrogen-bond donors (Lipinski definition) is 0. The third-order valence-corrected chi connectivity index (χ3v) is 7.35. The molecule has 0 N–H and O–H groups in total. The van der Waals surface area contributed by atoms with Gasteiger partial charge in [-0.15, -0.1) is 0 Å². The third kappa shape index (κ3) is 1.96. The molecule has 2 nitrogen and oxygen atoms in total. The number of furan rings is 1. The fourth-order valence-electron chi connectivity index (χ4n) is 6.12. The summed E-state index contributed by atoms with van der Waals surface area (Å²) in [6.07, 6.45) is 0. The lowest BCUT2D eigenvalue weighted by atomic mass is 9.66. The molecule has 0 bridgehead atoms. The second-order valence-corrected chi connectivity index (χ2v) is 8.85. The van der Waals surface area contributed by atoms with Crippen LogP contribution in [0.1, 0.15) is 22.3 Å². The summed E-state index contributed by atoms with van der Waals surface area (Å²) in [4.78, 5) is 0. The normalized spacial score (nSPS) is 14.5. The van der Waals surface area contributed by atoms with Gasteiger partial charge in [0.25, 0.3) is 0 Å². The number of benzene rings is 5. The van der Waals surface area contributed by atoms with E-state index in [0.29, 0.717) is 0 Å². The lowest BCUT2D eigenvalue weighted by Gasteiger charge is -2.39. The first-order valence-corrected chi connectivity index (χ1v) is 11.3. The molecule has 0 radical (unpaired) electrons. The second kappa shape index (κ2) is 5.93. The Labute approximate surface area is 190 Å². The molecule has 5 aromatic carbocycles. The van der Waals surface area contributed by atoms with Gasteiger partial charge in [0.05, 0.1) is 5.41 Å². The standard InChI is InChI=1S/C31H18O2/c1-3-11-22-21(10-1)29-25(18-17-20-19-9-2-6-14-26(19)33-30(20)29)31(22)23-12-4-7-15-27(23)32-28-16-8-5-13-24(28)31/h1-18H. The van der Waals surface area contributed by atoms with Crippen LogP contribution >= 0.6 is 0 Å². The molecule has 2 heteroatoms. The maximum absolute atomic E-state index is 6.53. The van der Waals surface area contributed by atoms with Crippen LogP contribution in [0.25, 0.3) is 33.1 Å². The number of rotatable bonds is 0. The average molecular weight is 422 g/mol. The molecule has 0 saturated carbocycles. The molecule has 0 atom stereocenters. The lowest BCUT2D eigenvalue weighted by molar-refractivity contribution is 0.436. The van der Waals surface area contributed by atoms with Gasteiger partial charge in [-0.05, 0) is 34.9 Å². The van der Waals surface area contributed by atoms with Crippen LogP contribution in [0, 0.1) is 0 Å². The number of ether oxygens (including phenoxy) is 1. The average Bonchev–Trinajstić information content (AvgIpc) is 3.39. The van der Waals surface area contributed by atoms with E-state index in [0.717, 1.165) is 33.4 Å². The molecule has 0 saturated heterocycles. The monoisotopic (exact) mass is 422 g/mol. The third-order valence-electron chi connectivity index (χ3n) is 7.35. The molecule has 2 heterocycles. The van der Waals surface area contributed by atoms with Crippen LogP contribution < -0.4 is 4.74 Å². The quantitative estimate of drug-likeness (QED) is 0.247. The first-order valence-electron chi connectivity index (χ1n) is 11.3. The SMILES string of the molecule is c1ccc2c(c1)Oc1ccccc1C21c2ccccc2-c2c1ccc1c2oc2ccccc21. The molecule has 1 aliphatic carbocycles. The molecule has 0 unspecified atom stereocenters. The van der Waals surface area contributed by atoms with Crippen molar-refractivity contribution in [3.05, 3.63) is 131 Å². The van der Waals surface area contributed by atoms with E-state index in [4.69, 9.17) is 9.15 Å². The minimum absolute atomic E-state index is 0.454. The number of para-hydroxylation sites is 3. The van der Waals surface area contributed by atoms with Crippen molar-refractivity contribution in [3.8, 4) is 22.6 Å². The zero-order chi connectivity index (χ0) is 21.6. The fraction of sp³-hybridized carbons (Fsp3) is 0.0323. The summed E-state index contributed by atoms with van der Waals surface area (Å²) in [7, 11) is 0. The lowest BCUT2D eigenvalue weighted by Crippen LogP contribution is -2.32. The van der Waals surface area contributed by atoms with E-state index >= 15 is 0 Å². The van der Waals surface area contributed by atoms with Crippen molar-refractivity contribution in [2.45, 2.75) is 5.41 Å². The Hall–Kier alpha value is -4.30. The van der Waals surface area contributed by atoms with Crippen molar-refractivity contribution in [3.63, 3.8) is 0 Å². The van der Waals surface area contributed by atoms with E-state index in [1.54, 1.807) is 0 Å². The Balaban J connectivity index is 1.62. The molecule has 33 heavy (non-hydrogen) atoms. The van der Waals surface area contributed by atoms with Crippen molar-refractivity contribution in [1.82, 2.24) is 0 Å². The zero-order valence-corrected chi connectivity index (χ0v) is 17.7. The van der Waals surface area contributed by atoms with Gasteiger partial charge in [-0.1, -0.05) is 91.0 Å². The van der Waals surface area contributed by atoms with Gasteiger partial charge in [0, 0.05) is 27.5 Å². The van der Waals surface area contributed by atoms with Crippen LogP contribution in [0.4, 0.5) is 0 Å². The van der Waals surface area contributed by atoms with Gasteiger partial charge in [0.1, 0.15) is 22.7 Å². The Morgan fingerprint density at radius 1 is 0.485 bits per heavy atom. The van der Waals surface area contributed by atoms with Crippen molar-refractivity contribution in [1.29, 1.82) is 0 Å². The van der Waals surface area contributed by atoms with Gasteiger partial charge in [0.15, 0.2) is 0 Å². The summed E-state index contributed by atoms with van der Waals surface area (Å²) < 4.78 is 12.9. The molecule has 6 aromatic rings. The first kappa shape index (κ1) is 17.3. The molecular weight excluding hydrogens is 404 g/mol. The van der Waals surface area contributed by atoms with Crippen LogP contribution in [0.2, 0.25) is 0 Å². The van der Waals surface area contributed by atoms with Gasteiger partial charge in [-0.3, -0.25) is 0 Å². The van der Waals surface area contributed by atoms with E-state index in [9.17, 15) is 0 Å². The summed E-state index contributed by atoms with van der Waals surface area (Å²) >= 11 is 0. The van der Waals surface area contributed by atoms with Crippen LogP contribution in [0.5, 0.6) is 11.5 Å². The summed E-state index contributed by atoms with van der Waals surface area (Å²) in [5.74, 6) is 1.81. The Morgan fingerprint density at radius 3 is 1.91 bits per heavy atom. The largest absolute Gasteiger partial charge is 0.457 e. The second-order valence-electron chi connectivity index (χ2n) is 8.85. The van der Waals surface area contributed by atoms with E-state index in [1.807, 2.05) is 18.2 Å². The van der Waals surface area contributed by atoms with Gasteiger partial charge in [0.2, 0.25) is 0 Å². The van der Waals surface area contributed by atoms with Crippen LogP contribution in [0.3, 0.4) is 0 Å². The van der Waals surface area contributed by atoms with Crippen LogP contribution in [0.15, 0.2) is 114 Å². The molecule has 8 rings (SSSR count). The van der Waals surface area contributed by atoms with Crippen LogP contribution in [-0.4, -0.2) is 0 Å². The summed E-state index contributed by atoms with van der Waals surface area (Å²) in [5, 5.41) is 2.31. The molecule has 1 aliphatic heterocycles. The van der Waals surface area contributed by atoms with Gasteiger partial charge in [-0.2, -0.15) is 0 Å². The highest BCUT2D eigenvalue weighted by Crippen LogP contribution is 2.63. The molecule has 1 aromatic heterocycles. The highest BCUT2D eigenvalue weighted by molar-refractivity contribution is 6.12. The minimum Gasteiger partial charge on any atom is -0.457 e. The molecule has 154 valence electrons. The molecule has 0 amide bonds. The van der Waals surface area contributed by atoms with Gasteiger partial charge < -0.3 is 9.15 Å². The van der Waals surface area contributed by atoms with Crippen molar-refractivity contribution >= 4 is 21.9 Å². The van der Waals surface area contributed by atoms with E-state index in [-0.39, 0.29) is 0 Å². The van der Waals surface area contributed by atoms with Crippen molar-refractivity contribution in [2.24, 2.45) is 0 Å². The number of hydrogen-bond acceptors (Lipinski definition) is 2. The van der Waals surface area contributed by atoms with Crippen molar-refractivity contribution < 1.29 is 9.15 Å². The molecular formula is C31H18O2. The Morgan fingerprint density at radius 2 is 1.12 bits per heavy atom. The topological polar surface area (TPSA) is 22.4 Å². The Bertz CT molecular complexity index is 1710. The fourth-order valence-corrected chi connectivity index (χ4v) is 6.12.